The maximum Gasteiger partial charge on any atom is 0.472 e. The Morgan fingerprint density at radius 2 is 1.10 bits per heavy atom. The van der Waals surface area contributed by atoms with Crippen molar-refractivity contribution < 1.29 is 37.6 Å². The van der Waals surface area contributed by atoms with Gasteiger partial charge in [-0.3, -0.25) is 18.6 Å². The van der Waals surface area contributed by atoms with Crippen LogP contribution in [-0.4, -0.2) is 49.3 Å². The predicted octanol–water partition coefficient (Wildman–Crippen LogP) is 10.7. The summed E-state index contributed by atoms with van der Waals surface area (Å²) in [7, 11) is -4.39. The minimum atomic E-state index is -4.39. The van der Waals surface area contributed by atoms with E-state index in [1.807, 2.05) is 6.08 Å². The van der Waals surface area contributed by atoms with Crippen LogP contribution in [0.2, 0.25) is 0 Å². The van der Waals surface area contributed by atoms with E-state index in [0.29, 0.717) is 12.8 Å². The standard InChI is InChI=1S/C41H70NO8P/c1-3-5-7-9-11-13-15-17-18-19-20-22-23-25-27-29-31-33-40(43)47-37-39(38-49-51(45,46)48-36-35-42)50-41(44)34-32-30-28-26-24-21-16-14-12-10-8-6-4-2/h5,7,11,13-14,16-18,20,22,25,27,39H,3-4,6,8-10,12,15,19,21,23-24,26,28-38,42H2,1-2H3,(H,45,46)/t39-/m1/s1. The summed E-state index contributed by atoms with van der Waals surface area (Å²) in [6, 6.07) is 0. The minimum Gasteiger partial charge on any atom is -0.462 e. The normalized spacial score (nSPS) is 14.2. The molecule has 0 saturated carbocycles. The first kappa shape index (κ1) is 48.5. The first-order valence-electron chi connectivity index (χ1n) is 19.4. The van der Waals surface area contributed by atoms with E-state index in [2.05, 4.69) is 80.7 Å². The number of unbranched alkanes of at least 4 members (excludes halogenated alkanes) is 10. The van der Waals surface area contributed by atoms with Crippen LogP contribution >= 0.6 is 7.82 Å². The van der Waals surface area contributed by atoms with E-state index >= 15 is 0 Å². The SMILES string of the molecule is CCC=CCC=CCC=CCC=CCC=CCCCC(=O)OC[C@H](COP(=O)(O)OCCN)OC(=O)CCCCCCCC=CCCCCCC. The van der Waals surface area contributed by atoms with Crippen LogP contribution in [0.1, 0.15) is 142 Å². The van der Waals surface area contributed by atoms with Gasteiger partial charge in [0.2, 0.25) is 0 Å². The van der Waals surface area contributed by atoms with Gasteiger partial charge in [-0.05, 0) is 77.0 Å². The number of phosphoric acid groups is 1. The molecule has 0 rings (SSSR count). The van der Waals surface area contributed by atoms with Crippen LogP contribution in [0.4, 0.5) is 0 Å². The molecule has 0 aromatic carbocycles. The van der Waals surface area contributed by atoms with Crippen molar-refractivity contribution in [1.29, 1.82) is 0 Å². The highest BCUT2D eigenvalue weighted by Crippen LogP contribution is 2.43. The van der Waals surface area contributed by atoms with Crippen molar-refractivity contribution in [3.05, 3.63) is 72.9 Å². The lowest BCUT2D eigenvalue weighted by molar-refractivity contribution is -0.161. The van der Waals surface area contributed by atoms with E-state index in [9.17, 15) is 19.0 Å². The monoisotopic (exact) mass is 735 g/mol. The Balaban J connectivity index is 4.34. The summed E-state index contributed by atoms with van der Waals surface area (Å²) < 4.78 is 32.6. The molecule has 0 aliphatic heterocycles. The van der Waals surface area contributed by atoms with Gasteiger partial charge in [-0.15, -0.1) is 0 Å². The first-order chi connectivity index (χ1) is 24.8. The topological polar surface area (TPSA) is 134 Å². The summed E-state index contributed by atoms with van der Waals surface area (Å²) in [4.78, 5) is 34.7. The van der Waals surface area contributed by atoms with Crippen molar-refractivity contribution in [3.63, 3.8) is 0 Å². The molecule has 0 spiro atoms. The fourth-order valence-electron chi connectivity index (χ4n) is 4.72. The summed E-state index contributed by atoms with van der Waals surface area (Å²) in [6.45, 7) is 3.50. The molecular formula is C41H70NO8P. The molecule has 0 amide bonds. The van der Waals surface area contributed by atoms with Gasteiger partial charge in [0.1, 0.15) is 6.61 Å². The molecule has 0 saturated heterocycles. The molecule has 1 unspecified atom stereocenters. The lowest BCUT2D eigenvalue weighted by Crippen LogP contribution is -2.29. The molecule has 0 bridgehead atoms. The van der Waals surface area contributed by atoms with Crippen LogP contribution < -0.4 is 5.73 Å². The number of ether oxygens (including phenoxy) is 2. The molecule has 9 nitrogen and oxygen atoms in total. The minimum absolute atomic E-state index is 0.0411. The Kier molecular flexibility index (Phi) is 35.4. The van der Waals surface area contributed by atoms with Gasteiger partial charge < -0.3 is 20.1 Å². The third kappa shape index (κ3) is 37.0. The van der Waals surface area contributed by atoms with Crippen molar-refractivity contribution in [2.45, 2.75) is 148 Å². The van der Waals surface area contributed by atoms with Crippen molar-refractivity contribution >= 4 is 19.8 Å². The van der Waals surface area contributed by atoms with Gasteiger partial charge in [0.25, 0.3) is 0 Å². The van der Waals surface area contributed by atoms with Crippen LogP contribution in [0.25, 0.3) is 0 Å². The van der Waals surface area contributed by atoms with Crippen LogP contribution in [0.5, 0.6) is 0 Å². The fraction of sp³-hybridized carbons (Fsp3) is 0.659. The Morgan fingerprint density at radius 1 is 0.608 bits per heavy atom. The van der Waals surface area contributed by atoms with Gasteiger partial charge in [-0.25, -0.2) is 4.57 Å². The predicted molar refractivity (Wildman–Crippen MR) is 210 cm³/mol. The summed E-state index contributed by atoms with van der Waals surface area (Å²) >= 11 is 0. The Labute approximate surface area is 310 Å². The van der Waals surface area contributed by atoms with Crippen LogP contribution in [0, 0.1) is 0 Å². The van der Waals surface area contributed by atoms with E-state index in [4.69, 9.17) is 24.3 Å². The highest BCUT2D eigenvalue weighted by Gasteiger charge is 2.25. The molecule has 3 N–H and O–H groups in total. The van der Waals surface area contributed by atoms with Crippen molar-refractivity contribution in [2.24, 2.45) is 5.73 Å². The highest BCUT2D eigenvalue weighted by atomic mass is 31.2. The third-order valence-electron chi connectivity index (χ3n) is 7.58. The van der Waals surface area contributed by atoms with Crippen LogP contribution in [0.3, 0.4) is 0 Å². The summed E-state index contributed by atoms with van der Waals surface area (Å²) in [5.74, 6) is -0.916. The average Bonchev–Trinajstić information content (AvgIpc) is 3.11. The van der Waals surface area contributed by atoms with Crippen LogP contribution in [0.15, 0.2) is 72.9 Å². The second kappa shape index (κ2) is 37.2. The number of carbonyl (C=O) groups excluding carboxylic acids is 2. The number of nitrogens with two attached hydrogens (primary N) is 1. The smallest absolute Gasteiger partial charge is 0.462 e. The second-order valence-electron chi connectivity index (χ2n) is 12.4. The van der Waals surface area contributed by atoms with Crippen molar-refractivity contribution in [2.75, 3.05) is 26.4 Å². The molecule has 51 heavy (non-hydrogen) atoms. The van der Waals surface area contributed by atoms with E-state index in [-0.39, 0.29) is 32.6 Å². The largest absolute Gasteiger partial charge is 0.472 e. The Hall–Kier alpha value is -2.55. The lowest BCUT2D eigenvalue weighted by atomic mass is 10.1. The molecule has 10 heteroatoms. The number of phosphoric ester groups is 1. The number of hydrogen-bond donors (Lipinski definition) is 2. The highest BCUT2D eigenvalue weighted by molar-refractivity contribution is 7.47. The third-order valence-corrected chi connectivity index (χ3v) is 8.56. The first-order valence-corrected chi connectivity index (χ1v) is 20.9. The van der Waals surface area contributed by atoms with Crippen molar-refractivity contribution in [1.82, 2.24) is 0 Å². The molecular weight excluding hydrogens is 665 g/mol. The van der Waals surface area contributed by atoms with E-state index in [1.165, 1.54) is 25.7 Å². The second-order valence-corrected chi connectivity index (χ2v) is 13.9. The van der Waals surface area contributed by atoms with E-state index in [1.54, 1.807) is 0 Å². The molecule has 292 valence electrons. The van der Waals surface area contributed by atoms with E-state index < -0.39 is 32.5 Å². The molecule has 0 radical (unpaired) electrons. The zero-order chi connectivity index (χ0) is 37.5. The lowest BCUT2D eigenvalue weighted by Gasteiger charge is -2.19. The Bertz CT molecular complexity index is 1070. The summed E-state index contributed by atoms with van der Waals surface area (Å²) in [5.41, 5.74) is 5.33. The molecule has 0 fully saturated rings. The molecule has 0 aliphatic carbocycles. The van der Waals surface area contributed by atoms with Crippen molar-refractivity contribution in [3.8, 4) is 0 Å². The number of esters is 2. The number of hydrogen-bond acceptors (Lipinski definition) is 8. The van der Waals surface area contributed by atoms with Gasteiger partial charge in [0.15, 0.2) is 6.10 Å². The quantitative estimate of drug-likeness (QED) is 0.0282. The van der Waals surface area contributed by atoms with Gasteiger partial charge >= 0.3 is 19.8 Å². The fourth-order valence-corrected chi connectivity index (χ4v) is 5.49. The van der Waals surface area contributed by atoms with Gasteiger partial charge in [-0.1, -0.05) is 125 Å². The average molecular weight is 736 g/mol. The van der Waals surface area contributed by atoms with Crippen LogP contribution in [-0.2, 0) is 32.7 Å². The number of carbonyl (C=O) groups is 2. The number of rotatable bonds is 35. The zero-order valence-electron chi connectivity index (χ0n) is 31.8. The van der Waals surface area contributed by atoms with Gasteiger partial charge in [0.05, 0.1) is 13.2 Å². The van der Waals surface area contributed by atoms with Gasteiger partial charge in [-0.2, -0.15) is 0 Å². The molecule has 0 aromatic heterocycles. The molecule has 2 atom stereocenters. The number of allylic oxidation sites excluding steroid dienone is 12. The molecule has 0 aliphatic rings. The summed E-state index contributed by atoms with van der Waals surface area (Å²) in [6.07, 6.45) is 43.7. The Morgan fingerprint density at radius 3 is 1.69 bits per heavy atom. The van der Waals surface area contributed by atoms with Gasteiger partial charge in [0, 0.05) is 19.4 Å². The zero-order valence-corrected chi connectivity index (χ0v) is 32.7. The molecule has 0 heterocycles. The van der Waals surface area contributed by atoms with E-state index in [0.717, 1.165) is 77.0 Å². The summed E-state index contributed by atoms with van der Waals surface area (Å²) in [5, 5.41) is 0. The maximum atomic E-state index is 12.5. The maximum absolute atomic E-state index is 12.5. The molecule has 0 aromatic rings.